The highest BCUT2D eigenvalue weighted by atomic mass is 31.2. The molecule has 0 aliphatic heterocycles. The van der Waals surface area contributed by atoms with E-state index in [9.17, 15) is 4.89 Å². The van der Waals surface area contributed by atoms with E-state index in [1.54, 1.807) is 0 Å². The summed E-state index contributed by atoms with van der Waals surface area (Å²) in [5.41, 5.74) is 0. The van der Waals surface area contributed by atoms with Crippen molar-refractivity contribution in [1.82, 2.24) is 4.67 Å². The van der Waals surface area contributed by atoms with E-state index in [0.29, 0.717) is 13.0 Å². The Labute approximate surface area is 114 Å². The van der Waals surface area contributed by atoms with Crippen LogP contribution in [0.2, 0.25) is 0 Å². The Balaban J connectivity index is -0.000000506. The van der Waals surface area contributed by atoms with Gasteiger partial charge in [0, 0.05) is 12.1 Å². The van der Waals surface area contributed by atoms with E-state index in [-0.39, 0.29) is 12.1 Å². The quantitative estimate of drug-likeness (QED) is 0.457. The third kappa shape index (κ3) is 11.8. The zero-order valence-electron chi connectivity index (χ0n) is 12.4. The lowest BCUT2D eigenvalue weighted by Gasteiger charge is -2.32. The maximum Gasteiger partial charge on any atom is 0.256 e. The molecule has 0 saturated heterocycles. The Morgan fingerprint density at radius 2 is 1.61 bits per heavy atom. The topological polar surface area (TPSA) is 56.5 Å². The maximum absolute atomic E-state index is 9.74. The highest BCUT2D eigenvalue weighted by molar-refractivity contribution is 7.43. The average Bonchev–Trinajstić information content (AvgIpc) is 2.33. The molecule has 0 rings (SSSR count). The SMILES string of the molecule is C#C.CC.CC(C)N(C(C)C)P(O)OCCC#N. The minimum atomic E-state index is -1.55. The van der Waals surface area contributed by atoms with Gasteiger partial charge in [0.15, 0.2) is 0 Å². The Kier molecular flexibility index (Phi) is 20.5. The summed E-state index contributed by atoms with van der Waals surface area (Å²) in [4.78, 5) is 9.74. The van der Waals surface area contributed by atoms with E-state index in [0.717, 1.165) is 0 Å². The van der Waals surface area contributed by atoms with Gasteiger partial charge in [-0.1, -0.05) is 13.8 Å². The van der Waals surface area contributed by atoms with Crippen LogP contribution in [0.4, 0.5) is 0 Å². The molecule has 18 heavy (non-hydrogen) atoms. The van der Waals surface area contributed by atoms with Crippen molar-refractivity contribution in [3.63, 3.8) is 0 Å². The Morgan fingerprint density at radius 1 is 1.22 bits per heavy atom. The summed E-state index contributed by atoms with van der Waals surface area (Å²) in [6, 6.07) is 2.46. The monoisotopic (exact) mass is 274 g/mol. The van der Waals surface area contributed by atoms with Crippen molar-refractivity contribution in [1.29, 1.82) is 5.26 Å². The molecule has 0 spiro atoms. The number of nitriles is 1. The molecule has 1 unspecified atom stereocenters. The predicted octanol–water partition coefficient (Wildman–Crippen LogP) is 3.53. The van der Waals surface area contributed by atoms with Crippen LogP contribution in [-0.2, 0) is 4.52 Å². The molecule has 0 aliphatic carbocycles. The van der Waals surface area contributed by atoms with E-state index >= 15 is 0 Å². The molecular formula is C13H27N2O2P. The van der Waals surface area contributed by atoms with Crippen LogP contribution in [0.1, 0.15) is 48.0 Å². The van der Waals surface area contributed by atoms with Gasteiger partial charge < -0.3 is 9.42 Å². The molecule has 1 N–H and O–H groups in total. The van der Waals surface area contributed by atoms with Gasteiger partial charge in [-0.25, -0.2) is 4.67 Å². The largest absolute Gasteiger partial charge is 0.338 e. The van der Waals surface area contributed by atoms with E-state index < -0.39 is 8.53 Å². The van der Waals surface area contributed by atoms with Crippen LogP contribution in [0, 0.1) is 24.2 Å². The Morgan fingerprint density at radius 3 is 1.89 bits per heavy atom. The predicted molar refractivity (Wildman–Crippen MR) is 78.7 cm³/mol. The molecule has 0 aliphatic rings. The third-order valence-electron chi connectivity index (χ3n) is 1.68. The van der Waals surface area contributed by atoms with Crippen molar-refractivity contribution < 1.29 is 9.42 Å². The van der Waals surface area contributed by atoms with Crippen LogP contribution < -0.4 is 0 Å². The van der Waals surface area contributed by atoms with E-state index in [2.05, 4.69) is 12.8 Å². The fourth-order valence-electron chi connectivity index (χ4n) is 1.23. The lowest BCUT2D eigenvalue weighted by atomic mass is 10.3. The summed E-state index contributed by atoms with van der Waals surface area (Å²) in [6.45, 7) is 12.4. The van der Waals surface area contributed by atoms with Gasteiger partial charge in [-0.15, -0.1) is 12.8 Å². The van der Waals surface area contributed by atoms with Crippen molar-refractivity contribution in [2.45, 2.75) is 60.0 Å². The van der Waals surface area contributed by atoms with Gasteiger partial charge in [-0.05, 0) is 27.7 Å². The Bertz CT molecular complexity index is 217. The highest BCUT2D eigenvalue weighted by Gasteiger charge is 2.23. The minimum Gasteiger partial charge on any atom is -0.338 e. The number of rotatable bonds is 6. The molecular weight excluding hydrogens is 247 g/mol. The van der Waals surface area contributed by atoms with Gasteiger partial charge in [0.05, 0.1) is 19.1 Å². The molecule has 0 amide bonds. The third-order valence-corrected chi connectivity index (χ3v) is 3.41. The second-order valence-corrected chi connectivity index (χ2v) is 4.79. The lowest BCUT2D eigenvalue weighted by Crippen LogP contribution is -2.32. The van der Waals surface area contributed by atoms with Gasteiger partial charge in [0.25, 0.3) is 8.53 Å². The van der Waals surface area contributed by atoms with Gasteiger partial charge in [0.2, 0.25) is 0 Å². The van der Waals surface area contributed by atoms with E-state index in [1.807, 2.05) is 52.3 Å². The molecule has 0 aromatic rings. The van der Waals surface area contributed by atoms with E-state index in [4.69, 9.17) is 9.79 Å². The molecule has 4 nitrogen and oxygen atoms in total. The number of hydrogen-bond acceptors (Lipinski definition) is 4. The van der Waals surface area contributed by atoms with Crippen LogP contribution in [0.3, 0.4) is 0 Å². The fraction of sp³-hybridized carbons (Fsp3) is 0.769. The van der Waals surface area contributed by atoms with Crippen molar-refractivity contribution in [2.75, 3.05) is 6.61 Å². The highest BCUT2D eigenvalue weighted by Crippen LogP contribution is 2.40. The van der Waals surface area contributed by atoms with Crippen molar-refractivity contribution in [3.8, 4) is 18.9 Å². The number of terminal acetylenes is 1. The summed E-state index contributed by atoms with van der Waals surface area (Å²) in [7, 11) is -1.55. The summed E-state index contributed by atoms with van der Waals surface area (Å²) in [5.74, 6) is 0. The maximum atomic E-state index is 9.74. The molecule has 1 atom stereocenters. The van der Waals surface area contributed by atoms with Crippen molar-refractivity contribution in [3.05, 3.63) is 0 Å². The van der Waals surface area contributed by atoms with Crippen LogP contribution in [-0.4, -0.2) is 28.3 Å². The number of hydrogen-bond donors (Lipinski definition) is 1. The first-order valence-corrected chi connectivity index (χ1v) is 7.27. The van der Waals surface area contributed by atoms with Gasteiger partial charge >= 0.3 is 0 Å². The molecule has 0 radical (unpaired) electrons. The normalized spacial score (nSPS) is 11.1. The first-order valence-electron chi connectivity index (χ1n) is 6.11. The molecule has 106 valence electrons. The first kappa shape index (κ1) is 22.5. The standard InChI is InChI=1S/C9H19N2O2P.C2H6.C2H2/c1-8(2)11(9(3)4)14(12)13-7-5-6-10;2*1-2/h8-9,12H,5,7H2,1-4H3;1-2H3;1-2H. The van der Waals surface area contributed by atoms with Crippen LogP contribution in [0.5, 0.6) is 0 Å². The molecule has 0 heterocycles. The van der Waals surface area contributed by atoms with Crippen LogP contribution in [0.15, 0.2) is 0 Å². The summed E-state index contributed by atoms with van der Waals surface area (Å²) >= 11 is 0. The first-order chi connectivity index (χ1) is 8.50. The summed E-state index contributed by atoms with van der Waals surface area (Å²) in [5, 5.41) is 8.32. The fourth-order valence-corrected chi connectivity index (χ4v) is 2.41. The second kappa shape index (κ2) is 16.4. The smallest absolute Gasteiger partial charge is 0.256 e. The lowest BCUT2D eigenvalue weighted by molar-refractivity contribution is 0.215. The molecule has 0 aromatic heterocycles. The Hall–Kier alpha value is -0.640. The molecule has 5 heteroatoms. The van der Waals surface area contributed by atoms with Crippen molar-refractivity contribution >= 4 is 8.53 Å². The number of nitrogens with zero attached hydrogens (tertiary/aromatic N) is 2. The minimum absolute atomic E-state index is 0.244. The van der Waals surface area contributed by atoms with Gasteiger partial charge in [0.1, 0.15) is 0 Å². The zero-order chi connectivity index (χ0) is 15.1. The average molecular weight is 274 g/mol. The van der Waals surface area contributed by atoms with E-state index in [1.165, 1.54) is 0 Å². The molecule has 0 saturated carbocycles. The van der Waals surface area contributed by atoms with Crippen molar-refractivity contribution in [2.24, 2.45) is 0 Å². The second-order valence-electron chi connectivity index (χ2n) is 3.56. The summed E-state index contributed by atoms with van der Waals surface area (Å²) < 4.78 is 7.10. The van der Waals surface area contributed by atoms with Gasteiger partial charge in [-0.2, -0.15) is 5.26 Å². The zero-order valence-corrected chi connectivity index (χ0v) is 13.3. The van der Waals surface area contributed by atoms with Gasteiger partial charge in [-0.3, -0.25) is 0 Å². The molecule has 0 bridgehead atoms. The van der Waals surface area contributed by atoms with Crippen LogP contribution >= 0.6 is 8.53 Å². The molecule has 0 fully saturated rings. The molecule has 0 aromatic carbocycles. The summed E-state index contributed by atoms with van der Waals surface area (Å²) in [6.07, 6.45) is 8.32. The van der Waals surface area contributed by atoms with Crippen LogP contribution in [0.25, 0.3) is 0 Å².